The van der Waals surface area contributed by atoms with E-state index in [-0.39, 0.29) is 5.91 Å². The predicted octanol–water partition coefficient (Wildman–Crippen LogP) is 1.40. The van der Waals surface area contributed by atoms with Crippen LogP contribution in [0.4, 0.5) is 0 Å². The number of amides is 1. The van der Waals surface area contributed by atoms with Crippen LogP contribution in [0.1, 0.15) is 29.8 Å². The lowest BCUT2D eigenvalue weighted by Gasteiger charge is -2.36. The van der Waals surface area contributed by atoms with Crippen LogP contribution in [0.25, 0.3) is 5.69 Å². The molecule has 3 rings (SSSR count). The van der Waals surface area contributed by atoms with Crippen LogP contribution in [0.3, 0.4) is 0 Å². The minimum atomic E-state index is 0.0911. The summed E-state index contributed by atoms with van der Waals surface area (Å²) in [6.07, 6.45) is 3.16. The summed E-state index contributed by atoms with van der Waals surface area (Å²) in [4.78, 5) is 18.6. The van der Waals surface area contributed by atoms with E-state index in [1.54, 1.807) is 11.0 Å². The molecule has 116 valence electrons. The molecular weight excluding hydrogens is 278 g/mol. The summed E-state index contributed by atoms with van der Waals surface area (Å²) < 4.78 is 1.71. The van der Waals surface area contributed by atoms with Crippen molar-refractivity contribution in [2.24, 2.45) is 0 Å². The third-order valence-corrected chi connectivity index (χ3v) is 3.95. The molecule has 1 aromatic heterocycles. The molecule has 0 aliphatic carbocycles. The number of carbonyl (C=O) groups is 1. The van der Waals surface area contributed by atoms with Gasteiger partial charge in [-0.3, -0.25) is 4.79 Å². The molecule has 1 aromatic carbocycles. The summed E-state index contributed by atoms with van der Waals surface area (Å²) >= 11 is 0. The molecule has 0 radical (unpaired) electrons. The smallest absolute Gasteiger partial charge is 0.253 e. The molecule has 0 saturated carbocycles. The monoisotopic (exact) mass is 299 g/mol. The predicted molar refractivity (Wildman–Crippen MR) is 84.1 cm³/mol. The first kappa shape index (κ1) is 14.7. The average Bonchev–Trinajstić information content (AvgIpc) is 2.99. The van der Waals surface area contributed by atoms with Gasteiger partial charge in [0.1, 0.15) is 12.7 Å². The Kier molecular flexibility index (Phi) is 3.94. The van der Waals surface area contributed by atoms with Crippen LogP contribution < -0.4 is 5.32 Å². The Morgan fingerprint density at radius 2 is 2.00 bits per heavy atom. The first-order chi connectivity index (χ1) is 10.5. The van der Waals surface area contributed by atoms with Gasteiger partial charge in [0.25, 0.3) is 5.91 Å². The fraction of sp³-hybridized carbons (Fsp3) is 0.438. The van der Waals surface area contributed by atoms with Gasteiger partial charge in [-0.1, -0.05) is 0 Å². The van der Waals surface area contributed by atoms with E-state index in [1.807, 2.05) is 30.0 Å². The normalized spacial score (nSPS) is 21.9. The zero-order valence-corrected chi connectivity index (χ0v) is 13.2. The van der Waals surface area contributed by atoms with E-state index in [9.17, 15) is 4.79 Å². The van der Waals surface area contributed by atoms with Crippen molar-refractivity contribution in [3.63, 3.8) is 0 Å². The van der Waals surface area contributed by atoms with Gasteiger partial charge in [-0.2, -0.15) is 5.10 Å². The van der Waals surface area contributed by atoms with Crippen LogP contribution >= 0.6 is 0 Å². The van der Waals surface area contributed by atoms with Crippen molar-refractivity contribution in [2.45, 2.75) is 32.9 Å². The molecule has 0 spiro atoms. The SMILES string of the molecule is Cc1cc(C(=O)N2C[C@@H](C)N[C@H](C)C2)ccc1-n1cncn1. The van der Waals surface area contributed by atoms with Gasteiger partial charge in [0.05, 0.1) is 5.69 Å². The van der Waals surface area contributed by atoms with Crippen molar-refractivity contribution in [3.8, 4) is 5.69 Å². The minimum absolute atomic E-state index is 0.0911. The molecule has 22 heavy (non-hydrogen) atoms. The number of aromatic nitrogens is 3. The van der Waals surface area contributed by atoms with Gasteiger partial charge < -0.3 is 10.2 Å². The van der Waals surface area contributed by atoms with Crippen LogP contribution in [0, 0.1) is 6.92 Å². The summed E-state index contributed by atoms with van der Waals surface area (Å²) in [7, 11) is 0. The second-order valence-corrected chi connectivity index (χ2v) is 6.02. The average molecular weight is 299 g/mol. The van der Waals surface area contributed by atoms with E-state index >= 15 is 0 Å². The minimum Gasteiger partial charge on any atom is -0.336 e. The molecule has 1 aliphatic rings. The van der Waals surface area contributed by atoms with Gasteiger partial charge in [0.15, 0.2) is 0 Å². The van der Waals surface area contributed by atoms with Crippen LogP contribution in [-0.2, 0) is 0 Å². The van der Waals surface area contributed by atoms with Gasteiger partial charge in [-0.25, -0.2) is 9.67 Å². The summed E-state index contributed by atoms with van der Waals surface area (Å²) in [5, 5.41) is 7.58. The third kappa shape index (κ3) is 2.87. The van der Waals surface area contributed by atoms with Gasteiger partial charge in [-0.05, 0) is 44.5 Å². The number of nitrogens with one attached hydrogen (secondary N) is 1. The largest absolute Gasteiger partial charge is 0.336 e. The van der Waals surface area contributed by atoms with Crippen molar-refractivity contribution in [3.05, 3.63) is 42.0 Å². The molecule has 6 nitrogen and oxygen atoms in total. The lowest BCUT2D eigenvalue weighted by molar-refractivity contribution is 0.0673. The number of carbonyl (C=O) groups excluding carboxylic acids is 1. The lowest BCUT2D eigenvalue weighted by Crippen LogP contribution is -2.55. The highest BCUT2D eigenvalue weighted by Gasteiger charge is 2.25. The van der Waals surface area contributed by atoms with Crippen LogP contribution in [0.2, 0.25) is 0 Å². The van der Waals surface area contributed by atoms with E-state index in [0.29, 0.717) is 12.1 Å². The number of hydrogen-bond acceptors (Lipinski definition) is 4. The topological polar surface area (TPSA) is 63.1 Å². The molecule has 1 saturated heterocycles. The van der Waals surface area contributed by atoms with Gasteiger partial charge in [-0.15, -0.1) is 0 Å². The molecule has 1 aliphatic heterocycles. The van der Waals surface area contributed by atoms with Crippen molar-refractivity contribution < 1.29 is 4.79 Å². The van der Waals surface area contributed by atoms with Crippen molar-refractivity contribution >= 4 is 5.91 Å². The maximum absolute atomic E-state index is 12.7. The van der Waals surface area contributed by atoms with Crippen LogP contribution in [-0.4, -0.2) is 50.7 Å². The first-order valence-electron chi connectivity index (χ1n) is 7.55. The van der Waals surface area contributed by atoms with E-state index in [4.69, 9.17) is 0 Å². The quantitative estimate of drug-likeness (QED) is 0.910. The summed E-state index contributed by atoms with van der Waals surface area (Å²) in [5.41, 5.74) is 2.67. The lowest BCUT2D eigenvalue weighted by atomic mass is 10.1. The summed E-state index contributed by atoms with van der Waals surface area (Å²) in [5.74, 6) is 0.0911. The Balaban J connectivity index is 1.83. The molecule has 2 heterocycles. The zero-order valence-electron chi connectivity index (χ0n) is 13.2. The standard InChI is InChI=1S/C16H21N5O/c1-11-6-14(4-5-15(11)21-10-17-9-18-21)16(22)20-7-12(2)19-13(3)8-20/h4-6,9-10,12-13,19H,7-8H2,1-3H3/t12-,13-/m1/s1. The highest BCUT2D eigenvalue weighted by atomic mass is 16.2. The highest BCUT2D eigenvalue weighted by Crippen LogP contribution is 2.17. The number of nitrogens with zero attached hydrogens (tertiary/aromatic N) is 4. The van der Waals surface area contributed by atoms with Gasteiger partial charge in [0.2, 0.25) is 0 Å². The Morgan fingerprint density at radius 3 is 2.59 bits per heavy atom. The maximum atomic E-state index is 12.7. The number of piperazine rings is 1. The van der Waals surface area contributed by atoms with E-state index in [2.05, 4.69) is 29.2 Å². The molecule has 1 N–H and O–H groups in total. The zero-order chi connectivity index (χ0) is 15.7. The van der Waals surface area contributed by atoms with Gasteiger partial charge in [0, 0.05) is 30.7 Å². The van der Waals surface area contributed by atoms with Crippen LogP contribution in [0.5, 0.6) is 0 Å². The third-order valence-electron chi connectivity index (χ3n) is 3.95. The van der Waals surface area contributed by atoms with E-state index in [1.165, 1.54) is 6.33 Å². The van der Waals surface area contributed by atoms with E-state index < -0.39 is 0 Å². The summed E-state index contributed by atoms with van der Waals surface area (Å²) in [6.45, 7) is 7.68. The van der Waals surface area contributed by atoms with Crippen molar-refractivity contribution in [2.75, 3.05) is 13.1 Å². The number of hydrogen-bond donors (Lipinski definition) is 1. The highest BCUT2D eigenvalue weighted by molar-refractivity contribution is 5.94. The Hall–Kier alpha value is -2.21. The molecule has 0 bridgehead atoms. The number of rotatable bonds is 2. The number of benzene rings is 1. The fourth-order valence-electron chi connectivity index (χ4n) is 3.05. The Morgan fingerprint density at radius 1 is 1.27 bits per heavy atom. The van der Waals surface area contributed by atoms with Gasteiger partial charge >= 0.3 is 0 Å². The molecule has 0 unspecified atom stereocenters. The second-order valence-electron chi connectivity index (χ2n) is 6.02. The molecule has 6 heteroatoms. The Labute approximate surface area is 130 Å². The molecule has 2 aromatic rings. The number of aryl methyl sites for hydroxylation is 1. The summed E-state index contributed by atoms with van der Waals surface area (Å²) in [6, 6.07) is 6.36. The van der Waals surface area contributed by atoms with Crippen LogP contribution in [0.15, 0.2) is 30.9 Å². The molecule has 1 amide bonds. The maximum Gasteiger partial charge on any atom is 0.253 e. The molecular formula is C16H21N5O. The Bertz CT molecular complexity index is 657. The van der Waals surface area contributed by atoms with Crippen molar-refractivity contribution in [1.82, 2.24) is 25.0 Å². The molecule has 1 fully saturated rings. The fourth-order valence-corrected chi connectivity index (χ4v) is 3.05. The van der Waals surface area contributed by atoms with E-state index in [0.717, 1.165) is 29.9 Å². The van der Waals surface area contributed by atoms with Crippen molar-refractivity contribution in [1.29, 1.82) is 0 Å². The molecule has 2 atom stereocenters. The second kappa shape index (κ2) is 5.88. The first-order valence-corrected chi connectivity index (χ1v) is 7.55.